The summed E-state index contributed by atoms with van der Waals surface area (Å²) in [4.78, 5) is 0. The monoisotopic (exact) mass is 176 g/mol. The van der Waals surface area contributed by atoms with E-state index in [0.29, 0.717) is 0 Å². The van der Waals surface area contributed by atoms with Crippen LogP contribution in [-0.2, 0) is 0 Å². The van der Waals surface area contributed by atoms with Crippen LogP contribution >= 0.6 is 0 Å². The van der Waals surface area contributed by atoms with Gasteiger partial charge in [0.05, 0.1) is 0 Å². The van der Waals surface area contributed by atoms with Crippen LogP contribution in [0.1, 0.15) is 71.1 Å². The fraction of sp³-hybridized carbons (Fsp3) is 0.917. The van der Waals surface area contributed by atoms with Gasteiger partial charge >= 0.3 is 18.9 Å². The Balaban J connectivity index is 0. The summed E-state index contributed by atoms with van der Waals surface area (Å²) in [7, 11) is 0. The third-order valence-electron chi connectivity index (χ3n) is 2.35. The second kappa shape index (κ2) is 15.1. The van der Waals surface area contributed by atoms with Gasteiger partial charge < -0.3 is 6.92 Å². The standard InChI is InChI=1S/C12H25.Li/c1-3-5-7-9-11-12-10-8-6-4-2;/h1,3-12H2,2H3;/q-1;+1. The molecule has 0 N–H and O–H groups in total. The van der Waals surface area contributed by atoms with Crippen LogP contribution in [0.2, 0.25) is 0 Å². The molecule has 0 atom stereocenters. The maximum Gasteiger partial charge on any atom is 1.00 e. The first kappa shape index (κ1) is 16.0. The summed E-state index contributed by atoms with van der Waals surface area (Å²) in [6.45, 7) is 6.12. The summed E-state index contributed by atoms with van der Waals surface area (Å²) < 4.78 is 0. The Bertz CT molecular complexity index is 61.5. The van der Waals surface area contributed by atoms with Crippen molar-refractivity contribution < 1.29 is 18.9 Å². The number of unbranched alkanes of at least 4 members (excludes halogenated alkanes) is 9. The Kier molecular flexibility index (Phi) is 18.6. The van der Waals surface area contributed by atoms with E-state index in [2.05, 4.69) is 13.8 Å². The van der Waals surface area contributed by atoms with Gasteiger partial charge in [-0.05, 0) is 0 Å². The molecule has 0 aliphatic heterocycles. The van der Waals surface area contributed by atoms with E-state index >= 15 is 0 Å². The predicted molar refractivity (Wildman–Crippen MR) is 57.2 cm³/mol. The van der Waals surface area contributed by atoms with Crippen molar-refractivity contribution in [2.24, 2.45) is 0 Å². The van der Waals surface area contributed by atoms with Crippen LogP contribution in [0.25, 0.3) is 0 Å². The van der Waals surface area contributed by atoms with E-state index in [4.69, 9.17) is 0 Å². The molecule has 0 amide bonds. The van der Waals surface area contributed by atoms with Crippen LogP contribution < -0.4 is 18.9 Å². The maximum absolute atomic E-state index is 3.84. The van der Waals surface area contributed by atoms with Crippen molar-refractivity contribution >= 4 is 0 Å². The molecular formula is C12H25Li. The van der Waals surface area contributed by atoms with E-state index in [1.165, 1.54) is 57.8 Å². The van der Waals surface area contributed by atoms with Crippen molar-refractivity contribution in [2.45, 2.75) is 71.1 Å². The minimum atomic E-state index is 0. The van der Waals surface area contributed by atoms with Crippen molar-refractivity contribution in [3.05, 3.63) is 6.92 Å². The first-order chi connectivity index (χ1) is 5.91. The molecule has 1 heteroatoms. The molecule has 0 fully saturated rings. The Labute approximate surface area is 97.1 Å². The Morgan fingerprint density at radius 2 is 1.08 bits per heavy atom. The average molecular weight is 176 g/mol. The molecular weight excluding hydrogens is 151 g/mol. The van der Waals surface area contributed by atoms with E-state index in [-0.39, 0.29) is 18.9 Å². The quantitative estimate of drug-likeness (QED) is 0.285. The molecule has 13 heavy (non-hydrogen) atoms. The van der Waals surface area contributed by atoms with E-state index in [1.807, 2.05) is 0 Å². The van der Waals surface area contributed by atoms with Crippen LogP contribution in [0.3, 0.4) is 0 Å². The van der Waals surface area contributed by atoms with Gasteiger partial charge in [-0.3, -0.25) is 0 Å². The van der Waals surface area contributed by atoms with Crippen LogP contribution in [0.5, 0.6) is 0 Å². The van der Waals surface area contributed by atoms with Crippen LogP contribution in [-0.4, -0.2) is 0 Å². The summed E-state index contributed by atoms with van der Waals surface area (Å²) in [6, 6.07) is 0. The molecule has 0 spiro atoms. The van der Waals surface area contributed by atoms with Gasteiger partial charge in [-0.25, -0.2) is 0 Å². The molecule has 0 aromatic carbocycles. The second-order valence-electron chi connectivity index (χ2n) is 3.68. The number of hydrogen-bond acceptors (Lipinski definition) is 0. The average Bonchev–Trinajstić information content (AvgIpc) is 2.10. The Morgan fingerprint density at radius 3 is 1.46 bits per heavy atom. The van der Waals surface area contributed by atoms with E-state index < -0.39 is 0 Å². The van der Waals surface area contributed by atoms with E-state index in [9.17, 15) is 0 Å². The molecule has 0 unspecified atom stereocenters. The minimum Gasteiger partial charge on any atom is -0.343 e. The SMILES string of the molecule is [CH2-]CCCCCCCCCCC.[Li+]. The Hall–Kier alpha value is 0.597. The van der Waals surface area contributed by atoms with Gasteiger partial charge in [-0.15, -0.1) is 0 Å². The zero-order chi connectivity index (χ0) is 9.07. The smallest absolute Gasteiger partial charge is 0.343 e. The first-order valence-corrected chi connectivity index (χ1v) is 5.71. The van der Waals surface area contributed by atoms with Crippen molar-refractivity contribution in [3.8, 4) is 0 Å². The normalized spacial score (nSPS) is 9.69. The second-order valence-corrected chi connectivity index (χ2v) is 3.68. The van der Waals surface area contributed by atoms with E-state index in [0.717, 1.165) is 6.42 Å². The molecule has 74 valence electrons. The van der Waals surface area contributed by atoms with E-state index in [1.54, 1.807) is 0 Å². The molecule has 0 saturated heterocycles. The van der Waals surface area contributed by atoms with Crippen molar-refractivity contribution in [3.63, 3.8) is 0 Å². The minimum absolute atomic E-state index is 0. The topological polar surface area (TPSA) is 0 Å². The van der Waals surface area contributed by atoms with Crippen LogP contribution in [0, 0.1) is 6.92 Å². The molecule has 0 radical (unpaired) electrons. The molecule has 0 aliphatic rings. The molecule has 0 heterocycles. The first-order valence-electron chi connectivity index (χ1n) is 5.71. The number of hydrogen-bond donors (Lipinski definition) is 0. The van der Waals surface area contributed by atoms with Gasteiger partial charge in [-0.2, -0.15) is 6.42 Å². The van der Waals surface area contributed by atoms with Gasteiger partial charge in [0.15, 0.2) is 0 Å². The fourth-order valence-corrected chi connectivity index (χ4v) is 1.49. The molecule has 0 nitrogen and oxygen atoms in total. The molecule has 0 aromatic heterocycles. The Morgan fingerprint density at radius 1 is 0.692 bits per heavy atom. The molecule has 0 aliphatic carbocycles. The van der Waals surface area contributed by atoms with Crippen LogP contribution in [0.15, 0.2) is 0 Å². The summed E-state index contributed by atoms with van der Waals surface area (Å²) >= 11 is 0. The molecule has 0 rings (SSSR count). The fourth-order valence-electron chi connectivity index (χ4n) is 1.49. The zero-order valence-corrected chi connectivity index (χ0v) is 9.78. The third kappa shape index (κ3) is 15.4. The molecule has 0 bridgehead atoms. The molecule has 0 saturated carbocycles. The number of rotatable bonds is 9. The predicted octanol–water partition coefficient (Wildman–Crippen LogP) is 1.75. The van der Waals surface area contributed by atoms with Crippen molar-refractivity contribution in [1.29, 1.82) is 0 Å². The van der Waals surface area contributed by atoms with Crippen molar-refractivity contribution in [2.75, 3.05) is 0 Å². The summed E-state index contributed by atoms with van der Waals surface area (Å²) in [6.07, 6.45) is 13.9. The van der Waals surface area contributed by atoms with Gasteiger partial charge in [0, 0.05) is 0 Å². The van der Waals surface area contributed by atoms with Gasteiger partial charge in [0.1, 0.15) is 0 Å². The van der Waals surface area contributed by atoms with Gasteiger partial charge in [0.2, 0.25) is 0 Å². The summed E-state index contributed by atoms with van der Waals surface area (Å²) in [5.41, 5.74) is 0. The maximum atomic E-state index is 3.84. The van der Waals surface area contributed by atoms with Gasteiger partial charge in [0.25, 0.3) is 0 Å². The van der Waals surface area contributed by atoms with Crippen molar-refractivity contribution in [1.82, 2.24) is 0 Å². The van der Waals surface area contributed by atoms with Crippen LogP contribution in [0.4, 0.5) is 0 Å². The molecule has 0 aromatic rings. The summed E-state index contributed by atoms with van der Waals surface area (Å²) in [5.74, 6) is 0. The third-order valence-corrected chi connectivity index (χ3v) is 2.35. The summed E-state index contributed by atoms with van der Waals surface area (Å²) in [5, 5.41) is 0. The zero-order valence-electron chi connectivity index (χ0n) is 9.78. The largest absolute Gasteiger partial charge is 1.00 e. The van der Waals surface area contributed by atoms with Gasteiger partial charge in [-0.1, -0.05) is 64.7 Å².